The highest BCUT2D eigenvalue weighted by Crippen LogP contribution is 2.33. The van der Waals surface area contributed by atoms with Crippen molar-refractivity contribution in [2.75, 3.05) is 12.4 Å². The van der Waals surface area contributed by atoms with Crippen LogP contribution in [0.25, 0.3) is 0 Å². The summed E-state index contributed by atoms with van der Waals surface area (Å²) in [6.07, 6.45) is 0. The van der Waals surface area contributed by atoms with Crippen LogP contribution in [0.5, 0.6) is 0 Å². The van der Waals surface area contributed by atoms with Crippen molar-refractivity contribution in [1.82, 2.24) is 0 Å². The summed E-state index contributed by atoms with van der Waals surface area (Å²) in [5, 5.41) is 0.547. The minimum atomic E-state index is 0.547. The molecule has 4 heteroatoms. The molecule has 1 aromatic rings. The van der Waals surface area contributed by atoms with Crippen molar-refractivity contribution in [3.63, 3.8) is 0 Å². The number of benzene rings is 1. The van der Waals surface area contributed by atoms with Gasteiger partial charge in [0, 0.05) is 11.0 Å². The van der Waals surface area contributed by atoms with Gasteiger partial charge in [-0.15, -0.1) is 23.5 Å². The molecule has 1 nitrogen and oxygen atoms in total. The Labute approximate surface area is 104 Å². The second-order valence-corrected chi connectivity index (χ2v) is 6.83. The Balaban J connectivity index is 1.69. The van der Waals surface area contributed by atoms with Gasteiger partial charge in [-0.05, 0) is 5.56 Å². The number of rotatable bonds is 4. The predicted molar refractivity (Wildman–Crippen MR) is 72.5 cm³/mol. The smallest absolute Gasteiger partial charge is 0.104 e. The Kier molecular flexibility index (Phi) is 4.50. The lowest BCUT2D eigenvalue weighted by molar-refractivity contribution is 0.125. The van der Waals surface area contributed by atoms with Crippen molar-refractivity contribution in [3.8, 4) is 0 Å². The van der Waals surface area contributed by atoms with E-state index in [4.69, 9.17) is 17.0 Å². The molecule has 2 rings (SSSR count). The van der Waals surface area contributed by atoms with E-state index in [9.17, 15) is 0 Å². The maximum atomic E-state index is 5.66. The summed E-state index contributed by atoms with van der Waals surface area (Å²) in [6, 6.07) is 10.3. The van der Waals surface area contributed by atoms with E-state index in [1.54, 1.807) is 23.5 Å². The van der Waals surface area contributed by atoms with E-state index in [0.717, 1.165) is 15.9 Å². The first-order chi connectivity index (χ1) is 7.34. The van der Waals surface area contributed by atoms with Gasteiger partial charge in [0.25, 0.3) is 0 Å². The SMILES string of the molecule is S=C1SCC(COCc2ccccc2)S1. The van der Waals surface area contributed by atoms with Gasteiger partial charge in [0.2, 0.25) is 0 Å². The number of hydrogen-bond donors (Lipinski definition) is 0. The third-order valence-corrected chi connectivity index (χ3v) is 5.19. The van der Waals surface area contributed by atoms with Gasteiger partial charge in [0.1, 0.15) is 3.53 Å². The van der Waals surface area contributed by atoms with Crippen LogP contribution in [0.1, 0.15) is 5.56 Å². The molecule has 0 radical (unpaired) electrons. The van der Waals surface area contributed by atoms with Crippen LogP contribution in [-0.2, 0) is 11.3 Å². The van der Waals surface area contributed by atoms with Crippen molar-refractivity contribution in [2.24, 2.45) is 0 Å². The Hall–Kier alpha value is -0.0300. The van der Waals surface area contributed by atoms with Crippen molar-refractivity contribution < 1.29 is 4.74 Å². The summed E-state index contributed by atoms with van der Waals surface area (Å²) < 4.78 is 6.72. The van der Waals surface area contributed by atoms with Crippen LogP contribution in [0.4, 0.5) is 0 Å². The van der Waals surface area contributed by atoms with Crippen LogP contribution >= 0.6 is 35.7 Å². The molecule has 0 amide bonds. The van der Waals surface area contributed by atoms with Gasteiger partial charge in [-0.25, -0.2) is 0 Å². The molecule has 1 saturated heterocycles. The topological polar surface area (TPSA) is 9.23 Å². The third-order valence-electron chi connectivity index (χ3n) is 2.07. The van der Waals surface area contributed by atoms with E-state index in [2.05, 4.69) is 12.1 Å². The van der Waals surface area contributed by atoms with Gasteiger partial charge in [-0.2, -0.15) is 0 Å². The van der Waals surface area contributed by atoms with Gasteiger partial charge in [-0.3, -0.25) is 0 Å². The quantitative estimate of drug-likeness (QED) is 0.764. The molecule has 1 aliphatic heterocycles. The van der Waals surface area contributed by atoms with Crippen LogP contribution in [0.15, 0.2) is 30.3 Å². The normalized spacial score (nSPS) is 20.8. The Bertz CT molecular complexity index is 326. The summed E-state index contributed by atoms with van der Waals surface area (Å²) in [4.78, 5) is 0. The summed E-state index contributed by atoms with van der Waals surface area (Å²) >= 11 is 8.65. The molecule has 0 saturated carbocycles. The first-order valence-electron chi connectivity index (χ1n) is 4.79. The first-order valence-corrected chi connectivity index (χ1v) is 7.07. The van der Waals surface area contributed by atoms with Gasteiger partial charge in [0.05, 0.1) is 13.2 Å². The number of ether oxygens (including phenoxy) is 1. The lowest BCUT2D eigenvalue weighted by Gasteiger charge is -2.08. The molecular formula is C11H12OS3. The van der Waals surface area contributed by atoms with Crippen molar-refractivity contribution >= 4 is 39.3 Å². The molecule has 1 aliphatic rings. The predicted octanol–water partition coefficient (Wildman–Crippen LogP) is 3.34. The molecule has 0 N–H and O–H groups in total. The monoisotopic (exact) mass is 256 g/mol. The number of thioether (sulfide) groups is 2. The molecule has 1 heterocycles. The largest absolute Gasteiger partial charge is 0.376 e. The zero-order chi connectivity index (χ0) is 10.5. The van der Waals surface area contributed by atoms with Gasteiger partial charge < -0.3 is 4.74 Å². The summed E-state index contributed by atoms with van der Waals surface area (Å²) in [6.45, 7) is 1.50. The summed E-state index contributed by atoms with van der Waals surface area (Å²) in [5.74, 6) is 1.10. The summed E-state index contributed by atoms with van der Waals surface area (Å²) in [5.41, 5.74) is 1.23. The highest BCUT2D eigenvalue weighted by Gasteiger charge is 2.20. The molecule has 1 unspecified atom stereocenters. The van der Waals surface area contributed by atoms with Crippen LogP contribution in [0.3, 0.4) is 0 Å². The fourth-order valence-electron chi connectivity index (χ4n) is 1.33. The van der Waals surface area contributed by atoms with Crippen LogP contribution in [0, 0.1) is 0 Å². The van der Waals surface area contributed by atoms with Crippen LogP contribution in [0.2, 0.25) is 0 Å². The van der Waals surface area contributed by atoms with Crippen molar-refractivity contribution in [2.45, 2.75) is 11.9 Å². The maximum Gasteiger partial charge on any atom is 0.104 e. The van der Waals surface area contributed by atoms with E-state index >= 15 is 0 Å². The molecule has 15 heavy (non-hydrogen) atoms. The molecular weight excluding hydrogens is 244 g/mol. The van der Waals surface area contributed by atoms with E-state index in [0.29, 0.717) is 11.9 Å². The highest BCUT2D eigenvalue weighted by atomic mass is 32.2. The Morgan fingerprint density at radius 3 is 2.80 bits per heavy atom. The number of thiocarbonyl (C=S) groups is 1. The van der Waals surface area contributed by atoms with Crippen molar-refractivity contribution in [1.29, 1.82) is 0 Å². The zero-order valence-corrected chi connectivity index (χ0v) is 10.7. The summed E-state index contributed by atoms with van der Waals surface area (Å²) in [7, 11) is 0. The number of hydrogen-bond acceptors (Lipinski definition) is 4. The standard InChI is InChI=1S/C11H12OS3/c13-11-14-8-10(15-11)7-12-6-9-4-2-1-3-5-9/h1-5,10H,6-8H2. The molecule has 1 fully saturated rings. The van der Waals surface area contributed by atoms with E-state index in [1.807, 2.05) is 18.2 Å². The lowest BCUT2D eigenvalue weighted by Crippen LogP contribution is -2.11. The highest BCUT2D eigenvalue weighted by molar-refractivity contribution is 8.49. The molecule has 0 bridgehead atoms. The van der Waals surface area contributed by atoms with E-state index < -0.39 is 0 Å². The average molecular weight is 256 g/mol. The Morgan fingerprint density at radius 2 is 2.13 bits per heavy atom. The van der Waals surface area contributed by atoms with Gasteiger partial charge in [0.15, 0.2) is 0 Å². The molecule has 1 aromatic carbocycles. The van der Waals surface area contributed by atoms with Crippen molar-refractivity contribution in [3.05, 3.63) is 35.9 Å². The van der Waals surface area contributed by atoms with Crippen LogP contribution < -0.4 is 0 Å². The minimum Gasteiger partial charge on any atom is -0.376 e. The molecule has 1 atom stereocenters. The van der Waals surface area contributed by atoms with E-state index in [1.165, 1.54) is 5.56 Å². The molecule has 0 spiro atoms. The molecule has 0 aliphatic carbocycles. The fraction of sp³-hybridized carbons (Fsp3) is 0.364. The van der Waals surface area contributed by atoms with Crippen LogP contribution in [-0.4, -0.2) is 21.1 Å². The zero-order valence-electron chi connectivity index (χ0n) is 8.22. The fourth-order valence-corrected chi connectivity index (χ4v) is 4.16. The van der Waals surface area contributed by atoms with E-state index in [-0.39, 0.29) is 0 Å². The third kappa shape index (κ3) is 3.79. The Morgan fingerprint density at radius 1 is 1.33 bits per heavy atom. The van der Waals surface area contributed by atoms with Gasteiger partial charge >= 0.3 is 0 Å². The first kappa shape index (κ1) is 11.5. The second kappa shape index (κ2) is 5.89. The minimum absolute atomic E-state index is 0.547. The molecule has 0 aromatic heterocycles. The second-order valence-electron chi connectivity index (χ2n) is 3.30. The lowest BCUT2D eigenvalue weighted by atomic mass is 10.2. The van der Waals surface area contributed by atoms with Gasteiger partial charge in [-0.1, -0.05) is 42.5 Å². The maximum absolute atomic E-state index is 5.66. The average Bonchev–Trinajstić information content (AvgIpc) is 2.66. The molecule has 80 valence electrons.